The van der Waals surface area contributed by atoms with Gasteiger partial charge in [0.1, 0.15) is 34.9 Å². The summed E-state index contributed by atoms with van der Waals surface area (Å²) >= 11 is 0. The number of alkyl halides is 3. The largest absolute Gasteiger partial charge is 0.495 e. The third kappa shape index (κ3) is 5.80. The summed E-state index contributed by atoms with van der Waals surface area (Å²) in [5.41, 5.74) is 7.99. The first-order valence-corrected chi connectivity index (χ1v) is 15.7. The summed E-state index contributed by atoms with van der Waals surface area (Å²) in [7, 11) is 1.38. The number of nitrogens with zero attached hydrogens (tertiary/aromatic N) is 4. The van der Waals surface area contributed by atoms with Crippen LogP contribution in [-0.2, 0) is 11.7 Å². The Morgan fingerprint density at radius 1 is 0.765 bits per heavy atom. The van der Waals surface area contributed by atoms with E-state index in [9.17, 15) is 22.4 Å². The fourth-order valence-electron chi connectivity index (χ4n) is 6.32. The Balaban J connectivity index is 1.40. The Labute approximate surface area is 289 Å². The maximum absolute atomic E-state index is 14.6. The summed E-state index contributed by atoms with van der Waals surface area (Å²) in [5.74, 6) is -1.92. The third-order valence-electron chi connectivity index (χ3n) is 8.65. The van der Waals surface area contributed by atoms with Crippen LogP contribution in [0.3, 0.4) is 0 Å². The normalized spacial score (nSPS) is 11.8. The zero-order valence-electron chi connectivity index (χ0n) is 26.9. The average molecular weight is 689 g/mol. The van der Waals surface area contributed by atoms with Crippen LogP contribution in [0.15, 0.2) is 134 Å². The van der Waals surface area contributed by atoms with E-state index in [2.05, 4.69) is 10.3 Å². The van der Waals surface area contributed by atoms with Crippen LogP contribution in [0.4, 0.5) is 29.1 Å². The minimum atomic E-state index is -4.76. The molecule has 0 aliphatic rings. The van der Waals surface area contributed by atoms with Crippen molar-refractivity contribution in [2.75, 3.05) is 18.2 Å². The number of hydrogen-bond donors (Lipinski definition) is 2. The molecule has 8 nitrogen and oxygen atoms in total. The molecule has 0 aliphatic carbocycles. The van der Waals surface area contributed by atoms with Crippen molar-refractivity contribution < 1.29 is 27.1 Å². The second-order valence-electron chi connectivity index (χ2n) is 11.6. The first-order valence-electron chi connectivity index (χ1n) is 15.7. The summed E-state index contributed by atoms with van der Waals surface area (Å²) in [5, 5.41) is 8.23. The lowest BCUT2D eigenvalue weighted by atomic mass is 9.77. The van der Waals surface area contributed by atoms with Crippen LogP contribution >= 0.6 is 0 Å². The molecule has 7 rings (SSSR count). The monoisotopic (exact) mass is 688 g/mol. The van der Waals surface area contributed by atoms with Gasteiger partial charge in [0.05, 0.1) is 29.3 Å². The van der Waals surface area contributed by atoms with Crippen LogP contribution in [0.25, 0.3) is 22.3 Å². The second-order valence-corrected chi connectivity index (χ2v) is 11.6. The van der Waals surface area contributed by atoms with Crippen molar-refractivity contribution in [2.45, 2.75) is 11.7 Å². The fraction of sp³-hybridized carbons (Fsp3) is 0.0769. The van der Waals surface area contributed by atoms with Gasteiger partial charge in [-0.25, -0.2) is 19.0 Å². The third-order valence-corrected chi connectivity index (χ3v) is 8.65. The van der Waals surface area contributed by atoms with Gasteiger partial charge in [-0.15, -0.1) is 0 Å². The number of nitrogens with two attached hydrogens (primary N) is 1. The number of amides is 1. The molecule has 3 N–H and O–H groups in total. The molecule has 1 amide bonds. The van der Waals surface area contributed by atoms with Crippen LogP contribution in [0.5, 0.6) is 5.75 Å². The molecule has 0 fully saturated rings. The predicted octanol–water partition coefficient (Wildman–Crippen LogP) is 8.33. The lowest BCUT2D eigenvalue weighted by Crippen LogP contribution is -2.38. The molecule has 0 unspecified atom stereocenters. The number of methoxy groups -OCH3 is 1. The highest BCUT2D eigenvalue weighted by Gasteiger charge is 2.42. The maximum Gasteiger partial charge on any atom is 0.416 e. The van der Waals surface area contributed by atoms with Crippen LogP contribution < -0.4 is 15.8 Å². The van der Waals surface area contributed by atoms with Crippen molar-refractivity contribution >= 4 is 28.4 Å². The number of fused-ring (bicyclic) bond motifs is 1. The first kappa shape index (κ1) is 33.0. The molecule has 12 heteroatoms. The van der Waals surface area contributed by atoms with E-state index in [1.54, 1.807) is 12.1 Å². The van der Waals surface area contributed by atoms with E-state index in [1.165, 1.54) is 19.5 Å². The number of nitrogen functional groups attached to an aromatic ring is 1. The molecule has 51 heavy (non-hydrogen) atoms. The number of ether oxygens (including phenoxy) is 1. The number of halogens is 4. The molecule has 5 aromatic carbocycles. The van der Waals surface area contributed by atoms with Crippen molar-refractivity contribution in [1.29, 1.82) is 0 Å². The predicted molar refractivity (Wildman–Crippen MR) is 186 cm³/mol. The zero-order chi connectivity index (χ0) is 35.8. The van der Waals surface area contributed by atoms with Crippen LogP contribution in [0, 0.1) is 5.82 Å². The number of carbonyl (C=O) groups is 1. The van der Waals surface area contributed by atoms with Crippen molar-refractivity contribution in [2.24, 2.45) is 0 Å². The summed E-state index contributed by atoms with van der Waals surface area (Å²) in [6.07, 6.45) is -3.38. The lowest BCUT2D eigenvalue weighted by Gasteiger charge is -2.36. The minimum Gasteiger partial charge on any atom is -0.495 e. The van der Waals surface area contributed by atoms with Gasteiger partial charge in [-0.05, 0) is 47.0 Å². The number of aromatic nitrogens is 4. The Bertz CT molecular complexity index is 2270. The summed E-state index contributed by atoms with van der Waals surface area (Å²) in [6.45, 7) is 0. The van der Waals surface area contributed by atoms with Crippen molar-refractivity contribution in [1.82, 2.24) is 19.7 Å². The lowest BCUT2D eigenvalue weighted by molar-refractivity contribution is -0.137. The van der Waals surface area contributed by atoms with Gasteiger partial charge < -0.3 is 15.8 Å². The van der Waals surface area contributed by atoms with Gasteiger partial charge in [-0.3, -0.25) is 4.79 Å². The van der Waals surface area contributed by atoms with Gasteiger partial charge in [-0.1, -0.05) is 97.1 Å². The number of benzene rings is 5. The molecular weight excluding hydrogens is 660 g/mol. The van der Waals surface area contributed by atoms with Crippen molar-refractivity contribution in [3.8, 4) is 17.0 Å². The van der Waals surface area contributed by atoms with E-state index in [-0.39, 0.29) is 23.3 Å². The molecule has 0 saturated carbocycles. The van der Waals surface area contributed by atoms with Gasteiger partial charge in [0.2, 0.25) is 0 Å². The molecule has 0 spiro atoms. The highest BCUT2D eigenvalue weighted by Crippen LogP contribution is 2.45. The Morgan fingerprint density at radius 3 is 1.88 bits per heavy atom. The van der Waals surface area contributed by atoms with Gasteiger partial charge in [0.25, 0.3) is 5.91 Å². The maximum atomic E-state index is 14.6. The zero-order valence-corrected chi connectivity index (χ0v) is 26.9. The topological polar surface area (TPSA) is 108 Å². The van der Waals surface area contributed by atoms with Crippen LogP contribution in [0.1, 0.15) is 32.6 Å². The van der Waals surface area contributed by atoms with E-state index in [4.69, 9.17) is 20.6 Å². The molecule has 2 aromatic heterocycles. The quantitative estimate of drug-likeness (QED) is 0.123. The van der Waals surface area contributed by atoms with Crippen LogP contribution in [-0.4, -0.2) is 32.8 Å². The standard InChI is InChI=1S/C39H28F4N6O2/c1-51-32-21-24(17-20-31(32)47-37(50)29-19-18-28(22-30(29)40)39(41,42)43)34-33-35(44)45-23-46-36(33)49(48-34)38(25-11-5-2-6-12-25,26-13-7-3-8-14-26)27-15-9-4-10-16-27/h2-23H,1H3,(H,47,50)(H2,44,45,46). The van der Waals surface area contributed by atoms with Gasteiger partial charge >= 0.3 is 6.18 Å². The van der Waals surface area contributed by atoms with Crippen molar-refractivity contribution in [3.05, 3.63) is 167 Å². The number of nitrogens with one attached hydrogen (secondary N) is 1. The SMILES string of the molecule is COc1cc(-c2nn(C(c3ccccc3)(c3ccccc3)c3ccccc3)c3ncnc(N)c23)ccc1NC(=O)c1ccc(C(F)(F)F)cc1F. The average Bonchev–Trinajstić information content (AvgIpc) is 3.54. The molecule has 0 radical (unpaired) electrons. The van der Waals surface area contributed by atoms with Crippen molar-refractivity contribution in [3.63, 3.8) is 0 Å². The summed E-state index contributed by atoms with van der Waals surface area (Å²) in [4.78, 5) is 22.0. The highest BCUT2D eigenvalue weighted by molar-refractivity contribution is 6.06. The Morgan fingerprint density at radius 2 is 1.35 bits per heavy atom. The molecular formula is C39H28F4N6O2. The molecule has 254 valence electrons. The number of anilines is 2. The van der Waals surface area contributed by atoms with E-state index in [0.717, 1.165) is 22.8 Å². The van der Waals surface area contributed by atoms with Gasteiger partial charge in [-0.2, -0.15) is 18.3 Å². The number of rotatable bonds is 8. The number of carbonyl (C=O) groups excluding carboxylic acids is 1. The smallest absolute Gasteiger partial charge is 0.416 e. The number of hydrogen-bond acceptors (Lipinski definition) is 6. The highest BCUT2D eigenvalue weighted by atomic mass is 19.4. The molecule has 2 heterocycles. The molecule has 0 bridgehead atoms. The van der Waals surface area contributed by atoms with E-state index >= 15 is 0 Å². The molecule has 0 saturated heterocycles. The summed E-state index contributed by atoms with van der Waals surface area (Å²) < 4.78 is 61.3. The van der Waals surface area contributed by atoms with Gasteiger partial charge in [0, 0.05) is 5.56 Å². The Kier molecular flexibility index (Phi) is 8.43. The van der Waals surface area contributed by atoms with E-state index in [1.807, 2.05) is 95.7 Å². The molecule has 7 aromatic rings. The molecule has 0 atom stereocenters. The summed E-state index contributed by atoms with van der Waals surface area (Å²) in [6, 6.07) is 36.2. The van der Waals surface area contributed by atoms with Crippen LogP contribution in [0.2, 0.25) is 0 Å². The van der Waals surface area contributed by atoms with E-state index < -0.39 is 34.6 Å². The second kappa shape index (κ2) is 13.0. The first-order chi connectivity index (χ1) is 24.6. The van der Waals surface area contributed by atoms with E-state index in [0.29, 0.717) is 28.4 Å². The molecule has 0 aliphatic heterocycles. The minimum absolute atomic E-state index is 0.144. The van der Waals surface area contributed by atoms with Gasteiger partial charge in [0.15, 0.2) is 5.65 Å². The Hall–Kier alpha value is -6.56. The fourth-order valence-corrected chi connectivity index (χ4v) is 6.32.